The number of rotatable bonds is 8. The van der Waals surface area contributed by atoms with Crippen LogP contribution in [-0.2, 0) is 10.8 Å². The summed E-state index contributed by atoms with van der Waals surface area (Å²) in [6, 6.07) is 6.82. The fourth-order valence-corrected chi connectivity index (χ4v) is 2.95. The smallest absolute Gasteiger partial charge is 0.119 e. The summed E-state index contributed by atoms with van der Waals surface area (Å²) in [6.07, 6.45) is 5.14. The summed E-state index contributed by atoms with van der Waals surface area (Å²) in [7, 11) is 0. The highest BCUT2D eigenvalue weighted by Gasteiger charge is 2.21. The first-order valence-electron chi connectivity index (χ1n) is 10.2. The van der Waals surface area contributed by atoms with Gasteiger partial charge in [0.25, 0.3) is 0 Å². The van der Waals surface area contributed by atoms with E-state index in [0.29, 0.717) is 0 Å². The first-order chi connectivity index (χ1) is 11.4. The second-order valence-electron chi connectivity index (χ2n) is 10.3. The Bertz CT molecular complexity index is 482. The van der Waals surface area contributed by atoms with Gasteiger partial charge in [0, 0.05) is 0 Å². The van der Waals surface area contributed by atoms with Crippen molar-refractivity contribution in [1.82, 2.24) is 0 Å². The molecule has 25 heavy (non-hydrogen) atoms. The highest BCUT2D eigenvalue weighted by molar-refractivity contribution is 5.40. The molecule has 1 rings (SSSR count). The fraction of sp³-hybridized carbons (Fsp3) is 0.750. The maximum absolute atomic E-state index is 6.18. The standard InChI is InChI=1S/C24H42O/c1-18(2)11-10-12-19(3)13-14-25-22-16-20(23(4,5)6)15-21(17-22)24(7,8)9/h15-19H,10-14H2,1-9H3. The molecule has 144 valence electrons. The second-order valence-corrected chi connectivity index (χ2v) is 10.3. The summed E-state index contributed by atoms with van der Waals surface area (Å²) in [6.45, 7) is 21.4. The van der Waals surface area contributed by atoms with E-state index in [9.17, 15) is 0 Å². The first kappa shape index (κ1) is 22.1. The highest BCUT2D eigenvalue weighted by atomic mass is 16.5. The van der Waals surface area contributed by atoms with Crippen LogP contribution in [0.25, 0.3) is 0 Å². The third kappa shape index (κ3) is 8.29. The van der Waals surface area contributed by atoms with Gasteiger partial charge in [-0.3, -0.25) is 0 Å². The molecule has 0 radical (unpaired) electrons. The molecule has 0 aromatic heterocycles. The number of hydrogen-bond donors (Lipinski definition) is 0. The largest absolute Gasteiger partial charge is 0.494 e. The van der Waals surface area contributed by atoms with Crippen LogP contribution in [-0.4, -0.2) is 6.61 Å². The molecule has 0 heterocycles. The molecule has 0 aliphatic carbocycles. The summed E-state index contributed by atoms with van der Waals surface area (Å²) >= 11 is 0. The third-order valence-corrected chi connectivity index (χ3v) is 5.00. The van der Waals surface area contributed by atoms with Gasteiger partial charge in [-0.2, -0.15) is 0 Å². The van der Waals surface area contributed by atoms with E-state index in [-0.39, 0.29) is 10.8 Å². The van der Waals surface area contributed by atoms with E-state index >= 15 is 0 Å². The van der Waals surface area contributed by atoms with Crippen molar-refractivity contribution in [1.29, 1.82) is 0 Å². The monoisotopic (exact) mass is 346 g/mol. The minimum atomic E-state index is 0.142. The van der Waals surface area contributed by atoms with Gasteiger partial charge in [0.05, 0.1) is 6.61 Å². The zero-order valence-electron chi connectivity index (χ0n) is 18.3. The lowest BCUT2D eigenvalue weighted by atomic mass is 9.80. The van der Waals surface area contributed by atoms with Gasteiger partial charge in [0.15, 0.2) is 0 Å². The van der Waals surface area contributed by atoms with Gasteiger partial charge in [0.1, 0.15) is 5.75 Å². The van der Waals surface area contributed by atoms with Gasteiger partial charge in [0.2, 0.25) is 0 Å². The van der Waals surface area contributed by atoms with Crippen LogP contribution in [0.1, 0.15) is 99.1 Å². The van der Waals surface area contributed by atoms with Crippen molar-refractivity contribution in [2.24, 2.45) is 11.8 Å². The lowest BCUT2D eigenvalue weighted by molar-refractivity contribution is 0.274. The zero-order valence-corrected chi connectivity index (χ0v) is 18.3. The van der Waals surface area contributed by atoms with Gasteiger partial charge in [-0.15, -0.1) is 0 Å². The molecule has 1 heteroatoms. The molecule has 0 aliphatic rings. The summed E-state index contributed by atoms with van der Waals surface area (Å²) in [5, 5.41) is 0. The van der Waals surface area contributed by atoms with E-state index in [4.69, 9.17) is 4.74 Å². The molecule has 1 nitrogen and oxygen atoms in total. The molecule has 0 aliphatic heterocycles. The van der Waals surface area contributed by atoms with Gasteiger partial charge >= 0.3 is 0 Å². The molecular formula is C24H42O. The van der Waals surface area contributed by atoms with Gasteiger partial charge < -0.3 is 4.74 Å². The fourth-order valence-electron chi connectivity index (χ4n) is 2.95. The van der Waals surface area contributed by atoms with Crippen molar-refractivity contribution in [2.45, 2.75) is 98.8 Å². The van der Waals surface area contributed by atoms with Crippen molar-refractivity contribution in [3.63, 3.8) is 0 Å². The Morgan fingerprint density at radius 1 is 0.760 bits per heavy atom. The Labute approximate surface area is 157 Å². The molecule has 0 bridgehead atoms. The molecule has 1 atom stereocenters. The van der Waals surface area contributed by atoms with Crippen molar-refractivity contribution < 1.29 is 4.74 Å². The Kier molecular flexibility index (Phi) is 8.03. The van der Waals surface area contributed by atoms with Crippen LogP contribution in [0, 0.1) is 11.8 Å². The lowest BCUT2D eigenvalue weighted by Gasteiger charge is -2.26. The van der Waals surface area contributed by atoms with Crippen molar-refractivity contribution in [2.75, 3.05) is 6.61 Å². The second kappa shape index (κ2) is 9.10. The SMILES string of the molecule is CC(C)CCCC(C)CCOc1cc(C(C)(C)C)cc(C(C)(C)C)c1. The predicted octanol–water partition coefficient (Wildman–Crippen LogP) is 7.51. The average Bonchev–Trinajstić information content (AvgIpc) is 2.44. The van der Waals surface area contributed by atoms with E-state index in [1.807, 2.05) is 0 Å². The summed E-state index contributed by atoms with van der Waals surface area (Å²) in [4.78, 5) is 0. The molecule has 0 saturated carbocycles. The number of hydrogen-bond acceptors (Lipinski definition) is 1. The normalized spacial score (nSPS) is 14.0. The van der Waals surface area contributed by atoms with Gasteiger partial charge in [-0.25, -0.2) is 0 Å². The molecule has 1 aromatic rings. The summed E-state index contributed by atoms with van der Waals surface area (Å²) in [5.41, 5.74) is 3.01. The van der Waals surface area contributed by atoms with Crippen LogP contribution in [0.15, 0.2) is 18.2 Å². The molecule has 0 amide bonds. The van der Waals surface area contributed by atoms with E-state index in [1.165, 1.54) is 30.4 Å². The third-order valence-electron chi connectivity index (χ3n) is 5.00. The number of ether oxygens (including phenoxy) is 1. The molecule has 1 unspecified atom stereocenters. The van der Waals surface area contributed by atoms with Gasteiger partial charge in [-0.05, 0) is 52.3 Å². The van der Waals surface area contributed by atoms with Crippen molar-refractivity contribution in [3.05, 3.63) is 29.3 Å². The van der Waals surface area contributed by atoms with Crippen LogP contribution in [0.4, 0.5) is 0 Å². The number of benzene rings is 1. The topological polar surface area (TPSA) is 9.23 Å². The highest BCUT2D eigenvalue weighted by Crippen LogP contribution is 2.33. The molecule has 0 spiro atoms. The molecule has 0 saturated heterocycles. The van der Waals surface area contributed by atoms with E-state index in [1.54, 1.807) is 0 Å². The Morgan fingerprint density at radius 3 is 1.72 bits per heavy atom. The van der Waals surface area contributed by atoms with Gasteiger partial charge in [-0.1, -0.05) is 87.6 Å². The lowest BCUT2D eigenvalue weighted by Crippen LogP contribution is -2.17. The van der Waals surface area contributed by atoms with Crippen LogP contribution in [0.5, 0.6) is 5.75 Å². The molecule has 0 N–H and O–H groups in total. The van der Waals surface area contributed by atoms with E-state index in [2.05, 4.69) is 80.5 Å². The summed E-state index contributed by atoms with van der Waals surface area (Å²) < 4.78 is 6.18. The van der Waals surface area contributed by atoms with E-state index < -0.39 is 0 Å². The van der Waals surface area contributed by atoms with Crippen LogP contribution < -0.4 is 4.74 Å². The van der Waals surface area contributed by atoms with Crippen LogP contribution in [0.2, 0.25) is 0 Å². The molecule has 0 fully saturated rings. The van der Waals surface area contributed by atoms with Crippen molar-refractivity contribution in [3.8, 4) is 5.75 Å². The summed E-state index contributed by atoms with van der Waals surface area (Å²) in [5.74, 6) is 2.60. The first-order valence-corrected chi connectivity index (χ1v) is 10.2. The Morgan fingerprint density at radius 2 is 1.28 bits per heavy atom. The predicted molar refractivity (Wildman–Crippen MR) is 112 cm³/mol. The minimum Gasteiger partial charge on any atom is -0.494 e. The quantitative estimate of drug-likeness (QED) is 0.473. The Balaban J connectivity index is 2.69. The minimum absolute atomic E-state index is 0.142. The molecule has 1 aromatic carbocycles. The maximum Gasteiger partial charge on any atom is 0.119 e. The van der Waals surface area contributed by atoms with Crippen LogP contribution in [0.3, 0.4) is 0 Å². The average molecular weight is 347 g/mol. The van der Waals surface area contributed by atoms with Crippen LogP contribution >= 0.6 is 0 Å². The molecular weight excluding hydrogens is 304 g/mol. The maximum atomic E-state index is 6.18. The van der Waals surface area contributed by atoms with Crippen molar-refractivity contribution >= 4 is 0 Å². The van der Waals surface area contributed by atoms with E-state index in [0.717, 1.165) is 30.6 Å². The zero-order chi connectivity index (χ0) is 19.3. The Hall–Kier alpha value is -0.980.